The van der Waals surface area contributed by atoms with Crippen molar-refractivity contribution in [3.05, 3.63) is 35.9 Å². The summed E-state index contributed by atoms with van der Waals surface area (Å²) in [5.41, 5.74) is 6.32. The van der Waals surface area contributed by atoms with E-state index in [1.165, 1.54) is 38.5 Å². The Labute approximate surface area is 128 Å². The van der Waals surface area contributed by atoms with Crippen LogP contribution in [0.4, 0.5) is 0 Å². The zero-order valence-corrected chi connectivity index (χ0v) is 13.0. The summed E-state index contributed by atoms with van der Waals surface area (Å²) in [6.45, 7) is 2.68. The second-order valence-corrected chi connectivity index (χ2v) is 6.12. The van der Waals surface area contributed by atoms with Gasteiger partial charge in [-0.15, -0.1) is 0 Å². The van der Waals surface area contributed by atoms with Crippen LogP contribution in [0.25, 0.3) is 0 Å². The summed E-state index contributed by atoms with van der Waals surface area (Å²) in [5, 5.41) is 0. The minimum atomic E-state index is 0.195. The zero-order valence-electron chi connectivity index (χ0n) is 13.0. The molecule has 1 aliphatic rings. The lowest BCUT2D eigenvalue weighted by molar-refractivity contribution is 0.0786. The Morgan fingerprint density at radius 2 is 1.81 bits per heavy atom. The van der Waals surface area contributed by atoms with Crippen LogP contribution in [0.5, 0.6) is 0 Å². The second kappa shape index (κ2) is 8.83. The van der Waals surface area contributed by atoms with E-state index >= 15 is 0 Å². The molecule has 3 heteroatoms. The fourth-order valence-electron chi connectivity index (χ4n) is 3.12. The van der Waals surface area contributed by atoms with Crippen LogP contribution < -0.4 is 5.73 Å². The first-order valence-corrected chi connectivity index (χ1v) is 8.35. The van der Waals surface area contributed by atoms with Crippen LogP contribution in [0.15, 0.2) is 30.3 Å². The highest BCUT2D eigenvalue weighted by molar-refractivity contribution is 5.94. The molecule has 1 saturated heterocycles. The summed E-state index contributed by atoms with van der Waals surface area (Å²) in [6.07, 6.45) is 8.76. The molecule has 0 saturated carbocycles. The average Bonchev–Trinajstić information content (AvgIpc) is 3.00. The molecule has 1 atom stereocenters. The fourth-order valence-corrected chi connectivity index (χ4v) is 3.12. The second-order valence-electron chi connectivity index (χ2n) is 6.12. The van der Waals surface area contributed by atoms with Crippen molar-refractivity contribution in [1.29, 1.82) is 0 Å². The Balaban J connectivity index is 1.65. The number of benzene rings is 1. The van der Waals surface area contributed by atoms with E-state index in [2.05, 4.69) is 0 Å². The first-order chi connectivity index (χ1) is 10.3. The van der Waals surface area contributed by atoms with Crippen molar-refractivity contribution in [2.75, 3.05) is 19.6 Å². The molecule has 1 aromatic rings. The third-order valence-corrected chi connectivity index (χ3v) is 4.41. The lowest BCUT2D eigenvalue weighted by Crippen LogP contribution is -2.28. The molecule has 1 amide bonds. The highest BCUT2D eigenvalue weighted by atomic mass is 16.2. The molecule has 116 valence electrons. The van der Waals surface area contributed by atoms with Gasteiger partial charge in [0.25, 0.3) is 5.91 Å². The van der Waals surface area contributed by atoms with Crippen molar-refractivity contribution in [2.45, 2.75) is 44.9 Å². The van der Waals surface area contributed by atoms with Gasteiger partial charge in [0.15, 0.2) is 0 Å². The first kappa shape index (κ1) is 16.0. The molecule has 1 aliphatic heterocycles. The van der Waals surface area contributed by atoms with Gasteiger partial charge in [0.2, 0.25) is 0 Å². The van der Waals surface area contributed by atoms with Crippen LogP contribution in [0.1, 0.15) is 55.3 Å². The van der Waals surface area contributed by atoms with Crippen LogP contribution in [-0.2, 0) is 0 Å². The molecule has 0 radical (unpaired) electrons. The van der Waals surface area contributed by atoms with E-state index in [0.717, 1.165) is 31.6 Å². The van der Waals surface area contributed by atoms with Crippen molar-refractivity contribution in [3.8, 4) is 0 Å². The number of rotatable bonds is 8. The summed E-state index contributed by atoms with van der Waals surface area (Å²) in [4.78, 5) is 14.4. The monoisotopic (exact) mass is 288 g/mol. The average molecular weight is 288 g/mol. The van der Waals surface area contributed by atoms with Gasteiger partial charge in [-0.1, -0.05) is 43.9 Å². The zero-order chi connectivity index (χ0) is 14.9. The van der Waals surface area contributed by atoms with Crippen molar-refractivity contribution >= 4 is 5.91 Å². The van der Waals surface area contributed by atoms with E-state index in [9.17, 15) is 4.79 Å². The number of hydrogen-bond acceptors (Lipinski definition) is 2. The molecule has 1 unspecified atom stereocenters. The third-order valence-electron chi connectivity index (χ3n) is 4.41. The highest BCUT2D eigenvalue weighted by Gasteiger charge is 2.26. The fraction of sp³-hybridized carbons (Fsp3) is 0.611. The van der Waals surface area contributed by atoms with Crippen molar-refractivity contribution < 1.29 is 4.79 Å². The minimum Gasteiger partial charge on any atom is -0.338 e. The molecule has 21 heavy (non-hydrogen) atoms. The number of unbranched alkanes of at least 4 members (excludes halogenated alkanes) is 4. The molecule has 1 heterocycles. The molecule has 1 fully saturated rings. The Morgan fingerprint density at radius 3 is 2.57 bits per heavy atom. The number of carbonyl (C=O) groups is 1. The summed E-state index contributed by atoms with van der Waals surface area (Å²) < 4.78 is 0. The lowest BCUT2D eigenvalue weighted by Gasteiger charge is -2.16. The van der Waals surface area contributed by atoms with Gasteiger partial charge in [0.1, 0.15) is 0 Å². The standard InChI is InChI=1S/C18H28N2O/c19-13-8-3-1-2-5-9-16-12-14-20(15-16)18(21)17-10-6-4-7-11-17/h4,6-7,10-11,16H,1-3,5,8-9,12-15,19H2. The molecular formula is C18H28N2O. The highest BCUT2D eigenvalue weighted by Crippen LogP contribution is 2.23. The molecule has 0 aliphatic carbocycles. The summed E-state index contributed by atoms with van der Waals surface area (Å²) in [6, 6.07) is 9.64. The maximum atomic E-state index is 12.4. The van der Waals surface area contributed by atoms with Gasteiger partial charge in [-0.25, -0.2) is 0 Å². The summed E-state index contributed by atoms with van der Waals surface area (Å²) >= 11 is 0. The quantitative estimate of drug-likeness (QED) is 0.745. The first-order valence-electron chi connectivity index (χ1n) is 8.35. The van der Waals surface area contributed by atoms with Crippen LogP contribution in [0, 0.1) is 5.92 Å². The number of likely N-dealkylation sites (tertiary alicyclic amines) is 1. The SMILES string of the molecule is NCCCCCCCC1CCN(C(=O)c2ccccc2)C1. The largest absolute Gasteiger partial charge is 0.338 e. The Kier molecular flexibility index (Phi) is 6.74. The Hall–Kier alpha value is -1.35. The van der Waals surface area contributed by atoms with Gasteiger partial charge in [-0.2, -0.15) is 0 Å². The number of amides is 1. The van der Waals surface area contributed by atoms with E-state index in [0.29, 0.717) is 5.92 Å². The molecular weight excluding hydrogens is 260 g/mol. The van der Waals surface area contributed by atoms with E-state index in [-0.39, 0.29) is 5.91 Å². The third kappa shape index (κ3) is 5.16. The van der Waals surface area contributed by atoms with Gasteiger partial charge < -0.3 is 10.6 Å². The molecule has 0 spiro atoms. The van der Waals surface area contributed by atoms with Crippen LogP contribution in [0.2, 0.25) is 0 Å². The molecule has 1 aromatic carbocycles. The van der Waals surface area contributed by atoms with Crippen molar-refractivity contribution in [1.82, 2.24) is 4.90 Å². The summed E-state index contributed by atoms with van der Waals surface area (Å²) in [7, 11) is 0. The van der Waals surface area contributed by atoms with Crippen molar-refractivity contribution in [3.63, 3.8) is 0 Å². The molecule has 0 aromatic heterocycles. The van der Waals surface area contributed by atoms with Gasteiger partial charge in [-0.05, 0) is 43.9 Å². The Bertz CT molecular complexity index is 418. The van der Waals surface area contributed by atoms with E-state index in [4.69, 9.17) is 5.73 Å². The van der Waals surface area contributed by atoms with Crippen LogP contribution >= 0.6 is 0 Å². The predicted molar refractivity (Wildman–Crippen MR) is 87.2 cm³/mol. The topological polar surface area (TPSA) is 46.3 Å². The van der Waals surface area contributed by atoms with E-state index < -0.39 is 0 Å². The maximum absolute atomic E-state index is 12.4. The number of nitrogens with zero attached hydrogens (tertiary/aromatic N) is 1. The van der Waals surface area contributed by atoms with Gasteiger partial charge in [0.05, 0.1) is 0 Å². The summed E-state index contributed by atoms with van der Waals surface area (Å²) in [5.74, 6) is 0.896. The lowest BCUT2D eigenvalue weighted by atomic mass is 10.00. The van der Waals surface area contributed by atoms with Crippen LogP contribution in [0.3, 0.4) is 0 Å². The molecule has 2 rings (SSSR count). The smallest absolute Gasteiger partial charge is 0.253 e. The predicted octanol–water partition coefficient (Wildman–Crippen LogP) is 3.45. The van der Waals surface area contributed by atoms with Gasteiger partial charge in [-0.3, -0.25) is 4.79 Å². The van der Waals surface area contributed by atoms with Gasteiger partial charge >= 0.3 is 0 Å². The molecule has 2 N–H and O–H groups in total. The minimum absolute atomic E-state index is 0.195. The maximum Gasteiger partial charge on any atom is 0.253 e. The number of hydrogen-bond donors (Lipinski definition) is 1. The Morgan fingerprint density at radius 1 is 1.10 bits per heavy atom. The number of carbonyl (C=O) groups excluding carboxylic acids is 1. The molecule has 3 nitrogen and oxygen atoms in total. The van der Waals surface area contributed by atoms with E-state index in [1.54, 1.807) is 0 Å². The molecule has 0 bridgehead atoms. The van der Waals surface area contributed by atoms with Gasteiger partial charge in [0, 0.05) is 18.7 Å². The van der Waals surface area contributed by atoms with Crippen LogP contribution in [-0.4, -0.2) is 30.4 Å². The number of nitrogens with two attached hydrogens (primary N) is 1. The normalized spacial score (nSPS) is 18.1. The van der Waals surface area contributed by atoms with E-state index in [1.807, 2.05) is 35.2 Å². The van der Waals surface area contributed by atoms with Crippen molar-refractivity contribution in [2.24, 2.45) is 11.7 Å².